The van der Waals surface area contributed by atoms with E-state index in [0.29, 0.717) is 30.8 Å². The Kier molecular flexibility index (Phi) is 5.76. The molecule has 1 aromatic heterocycles. The minimum Gasteiger partial charge on any atom is -0.496 e. The highest BCUT2D eigenvalue weighted by atomic mass is 16.5. The standard InChI is InChI=1S/C21H22N2O4/c1-26-19-8-7-15(13-17(19)21(25)27-2)14-22-20(24)10-12-23-11-9-16-5-3-4-6-18(16)23/h3-9,11,13H,10,12,14H2,1-2H3,(H,22,24). The smallest absolute Gasteiger partial charge is 0.341 e. The number of nitrogens with zero attached hydrogens (tertiary/aromatic N) is 1. The van der Waals surface area contributed by atoms with Crippen molar-refractivity contribution >= 4 is 22.8 Å². The maximum Gasteiger partial charge on any atom is 0.341 e. The number of fused-ring (bicyclic) bond motifs is 1. The number of esters is 1. The molecule has 1 amide bonds. The SMILES string of the molecule is COC(=O)c1cc(CNC(=O)CCn2ccc3ccccc32)ccc1OC. The lowest BCUT2D eigenvalue weighted by molar-refractivity contribution is -0.121. The molecule has 0 unspecified atom stereocenters. The molecule has 27 heavy (non-hydrogen) atoms. The molecule has 1 heterocycles. The number of aromatic nitrogens is 1. The van der Waals surface area contributed by atoms with Crippen molar-refractivity contribution in [2.75, 3.05) is 14.2 Å². The molecule has 0 atom stereocenters. The van der Waals surface area contributed by atoms with Crippen LogP contribution in [0, 0.1) is 0 Å². The number of para-hydroxylation sites is 1. The zero-order chi connectivity index (χ0) is 19.2. The molecule has 6 nitrogen and oxygen atoms in total. The summed E-state index contributed by atoms with van der Waals surface area (Å²) in [4.78, 5) is 24.0. The van der Waals surface area contributed by atoms with Crippen molar-refractivity contribution in [3.05, 3.63) is 65.9 Å². The lowest BCUT2D eigenvalue weighted by atomic mass is 10.1. The minimum atomic E-state index is -0.473. The van der Waals surface area contributed by atoms with Gasteiger partial charge in [-0.3, -0.25) is 4.79 Å². The van der Waals surface area contributed by atoms with E-state index in [1.807, 2.05) is 36.5 Å². The molecule has 0 fully saturated rings. The van der Waals surface area contributed by atoms with E-state index in [9.17, 15) is 9.59 Å². The molecule has 0 saturated heterocycles. The number of carbonyl (C=O) groups is 2. The molecule has 0 aliphatic carbocycles. The molecule has 2 aromatic carbocycles. The van der Waals surface area contributed by atoms with Crippen molar-refractivity contribution in [2.24, 2.45) is 0 Å². The van der Waals surface area contributed by atoms with Gasteiger partial charge in [0.25, 0.3) is 0 Å². The van der Waals surface area contributed by atoms with Gasteiger partial charge >= 0.3 is 5.97 Å². The first-order valence-corrected chi connectivity index (χ1v) is 8.68. The molecule has 3 aromatic rings. The molecule has 3 rings (SSSR count). The van der Waals surface area contributed by atoms with Gasteiger partial charge in [-0.1, -0.05) is 24.3 Å². The van der Waals surface area contributed by atoms with E-state index >= 15 is 0 Å². The summed E-state index contributed by atoms with van der Waals surface area (Å²) >= 11 is 0. The average Bonchev–Trinajstić information content (AvgIpc) is 3.13. The Morgan fingerprint density at radius 1 is 1.07 bits per heavy atom. The highest BCUT2D eigenvalue weighted by Gasteiger charge is 2.13. The second-order valence-corrected chi connectivity index (χ2v) is 6.12. The van der Waals surface area contributed by atoms with E-state index in [2.05, 4.69) is 16.0 Å². The third-order valence-electron chi connectivity index (χ3n) is 4.42. The molecule has 140 valence electrons. The van der Waals surface area contributed by atoms with E-state index in [1.54, 1.807) is 12.1 Å². The fourth-order valence-electron chi connectivity index (χ4n) is 2.98. The summed E-state index contributed by atoms with van der Waals surface area (Å²) in [5.74, 6) is -0.0841. The average molecular weight is 366 g/mol. The molecule has 0 spiro atoms. The molecular formula is C21H22N2O4. The van der Waals surface area contributed by atoms with Gasteiger partial charge in [0.2, 0.25) is 5.91 Å². The van der Waals surface area contributed by atoms with Crippen LogP contribution in [0.25, 0.3) is 10.9 Å². The number of benzene rings is 2. The molecular weight excluding hydrogens is 344 g/mol. The first kappa shape index (κ1) is 18.5. The number of hydrogen-bond donors (Lipinski definition) is 1. The fraction of sp³-hybridized carbons (Fsp3) is 0.238. The van der Waals surface area contributed by atoms with Crippen LogP contribution >= 0.6 is 0 Å². The topological polar surface area (TPSA) is 69.6 Å². The summed E-state index contributed by atoms with van der Waals surface area (Å²) < 4.78 is 12.0. The summed E-state index contributed by atoms with van der Waals surface area (Å²) in [5, 5.41) is 4.04. The van der Waals surface area contributed by atoms with E-state index in [0.717, 1.165) is 16.5 Å². The lowest BCUT2D eigenvalue weighted by Crippen LogP contribution is -2.24. The second kappa shape index (κ2) is 8.40. The number of methoxy groups -OCH3 is 2. The molecule has 0 aliphatic rings. The van der Waals surface area contributed by atoms with E-state index in [-0.39, 0.29) is 5.91 Å². The third-order valence-corrected chi connectivity index (χ3v) is 4.42. The van der Waals surface area contributed by atoms with Gasteiger partial charge in [-0.2, -0.15) is 0 Å². The maximum atomic E-state index is 12.2. The summed E-state index contributed by atoms with van der Waals surface area (Å²) in [5.41, 5.74) is 2.25. The number of ether oxygens (including phenoxy) is 2. The first-order valence-electron chi connectivity index (χ1n) is 8.68. The largest absolute Gasteiger partial charge is 0.496 e. The normalized spacial score (nSPS) is 10.6. The maximum absolute atomic E-state index is 12.2. The Balaban J connectivity index is 1.58. The van der Waals surface area contributed by atoms with Gasteiger partial charge in [-0.15, -0.1) is 0 Å². The fourth-order valence-corrected chi connectivity index (χ4v) is 2.98. The van der Waals surface area contributed by atoms with Crippen molar-refractivity contribution in [1.29, 1.82) is 0 Å². The zero-order valence-electron chi connectivity index (χ0n) is 15.4. The number of hydrogen-bond acceptors (Lipinski definition) is 4. The molecule has 0 radical (unpaired) electrons. The summed E-state index contributed by atoms with van der Waals surface area (Å²) in [7, 11) is 2.81. The van der Waals surface area contributed by atoms with Crippen molar-refractivity contribution in [2.45, 2.75) is 19.5 Å². The third kappa shape index (κ3) is 4.28. The molecule has 0 aliphatic heterocycles. The molecule has 0 bridgehead atoms. The Morgan fingerprint density at radius 3 is 2.67 bits per heavy atom. The summed E-state index contributed by atoms with van der Waals surface area (Å²) in [6.07, 6.45) is 2.36. The summed E-state index contributed by atoms with van der Waals surface area (Å²) in [6, 6.07) is 15.3. The van der Waals surface area contributed by atoms with Crippen LogP contribution in [0.2, 0.25) is 0 Å². The number of aryl methyl sites for hydroxylation is 1. The minimum absolute atomic E-state index is 0.0526. The van der Waals surface area contributed by atoms with Gasteiger partial charge in [0.05, 0.1) is 14.2 Å². The molecule has 0 saturated carbocycles. The van der Waals surface area contributed by atoms with Gasteiger partial charge in [0.1, 0.15) is 11.3 Å². The number of nitrogens with one attached hydrogen (secondary N) is 1. The van der Waals surface area contributed by atoms with Gasteiger partial charge < -0.3 is 19.4 Å². The van der Waals surface area contributed by atoms with Crippen molar-refractivity contribution in [3.8, 4) is 5.75 Å². The number of amides is 1. The van der Waals surface area contributed by atoms with E-state index in [1.165, 1.54) is 14.2 Å². The first-order chi connectivity index (χ1) is 13.1. The molecule has 6 heteroatoms. The lowest BCUT2D eigenvalue weighted by Gasteiger charge is -2.10. The Bertz CT molecular complexity index is 962. The molecule has 1 N–H and O–H groups in total. The Labute approximate surface area is 157 Å². The van der Waals surface area contributed by atoms with Crippen LogP contribution in [0.15, 0.2) is 54.7 Å². The highest BCUT2D eigenvalue weighted by molar-refractivity contribution is 5.92. The van der Waals surface area contributed by atoms with Crippen molar-refractivity contribution < 1.29 is 19.1 Å². The van der Waals surface area contributed by atoms with E-state index < -0.39 is 5.97 Å². The van der Waals surface area contributed by atoms with Crippen LogP contribution in [-0.2, 0) is 22.6 Å². The van der Waals surface area contributed by atoms with Gasteiger partial charge in [-0.25, -0.2) is 4.79 Å². The quantitative estimate of drug-likeness (QED) is 0.652. The van der Waals surface area contributed by atoms with Crippen LogP contribution in [0.5, 0.6) is 5.75 Å². The predicted octanol–water partition coefficient (Wildman–Crippen LogP) is 3.14. The predicted molar refractivity (Wildman–Crippen MR) is 103 cm³/mol. The highest BCUT2D eigenvalue weighted by Crippen LogP contribution is 2.21. The Morgan fingerprint density at radius 2 is 1.89 bits per heavy atom. The van der Waals surface area contributed by atoms with Crippen LogP contribution in [-0.4, -0.2) is 30.7 Å². The van der Waals surface area contributed by atoms with Crippen molar-refractivity contribution in [1.82, 2.24) is 9.88 Å². The van der Waals surface area contributed by atoms with E-state index in [4.69, 9.17) is 9.47 Å². The number of rotatable bonds is 7. The zero-order valence-corrected chi connectivity index (χ0v) is 15.4. The number of carbonyl (C=O) groups excluding carboxylic acids is 2. The van der Waals surface area contributed by atoms with Crippen LogP contribution in [0.4, 0.5) is 0 Å². The van der Waals surface area contributed by atoms with Gasteiger partial charge in [0, 0.05) is 31.2 Å². The van der Waals surface area contributed by atoms with Gasteiger partial charge in [-0.05, 0) is 35.2 Å². The van der Waals surface area contributed by atoms with Crippen LogP contribution < -0.4 is 10.1 Å². The monoisotopic (exact) mass is 366 g/mol. The Hall–Kier alpha value is -3.28. The van der Waals surface area contributed by atoms with Crippen LogP contribution in [0.1, 0.15) is 22.3 Å². The summed E-state index contributed by atoms with van der Waals surface area (Å²) in [6.45, 7) is 0.939. The van der Waals surface area contributed by atoms with Crippen LogP contribution in [0.3, 0.4) is 0 Å². The second-order valence-electron chi connectivity index (χ2n) is 6.12. The van der Waals surface area contributed by atoms with Gasteiger partial charge in [0.15, 0.2) is 0 Å². The van der Waals surface area contributed by atoms with Crippen molar-refractivity contribution in [3.63, 3.8) is 0 Å².